The Hall–Kier alpha value is -1.06. The first-order valence-corrected chi connectivity index (χ1v) is 4.98. The molecule has 2 rings (SSSR count). The maximum Gasteiger partial charge on any atom is 0.0868 e. The van der Waals surface area contributed by atoms with Crippen LogP contribution in [0.4, 0.5) is 5.69 Å². The Bertz CT molecular complexity index is 289. The number of fused-ring (bicyclic) bond motifs is 1. The Kier molecular flexibility index (Phi) is 2.70. The van der Waals surface area contributed by atoms with Gasteiger partial charge >= 0.3 is 0 Å². The molecule has 0 radical (unpaired) electrons. The van der Waals surface area contributed by atoms with Gasteiger partial charge in [-0.05, 0) is 25.1 Å². The molecule has 0 amide bonds. The van der Waals surface area contributed by atoms with Crippen LogP contribution < -0.4 is 10.6 Å². The van der Waals surface area contributed by atoms with E-state index in [-0.39, 0.29) is 12.1 Å². The minimum Gasteiger partial charge on any atom is -0.390 e. The molecule has 0 aromatic heterocycles. The van der Waals surface area contributed by atoms with Crippen molar-refractivity contribution in [3.8, 4) is 0 Å². The van der Waals surface area contributed by atoms with E-state index in [1.807, 2.05) is 19.2 Å². The molecule has 0 spiro atoms. The standard InChI is InChI=1S/C11H16N2O/c1-12-7-11(14)10-6-8-4-2-3-5-9(8)13-10/h2-5,10-14H,6-7H2,1H3. The third-order valence-electron chi connectivity index (χ3n) is 2.68. The lowest BCUT2D eigenvalue weighted by Gasteiger charge is -2.18. The van der Waals surface area contributed by atoms with Crippen molar-refractivity contribution >= 4 is 5.69 Å². The molecule has 0 aliphatic carbocycles. The molecule has 2 unspecified atom stereocenters. The molecule has 0 saturated carbocycles. The Morgan fingerprint density at radius 2 is 2.36 bits per heavy atom. The molecule has 3 N–H and O–H groups in total. The number of rotatable bonds is 3. The van der Waals surface area contributed by atoms with Crippen LogP contribution in [0.1, 0.15) is 5.56 Å². The summed E-state index contributed by atoms with van der Waals surface area (Å²) < 4.78 is 0. The van der Waals surface area contributed by atoms with Crippen molar-refractivity contribution in [2.24, 2.45) is 0 Å². The lowest BCUT2D eigenvalue weighted by molar-refractivity contribution is 0.154. The summed E-state index contributed by atoms with van der Waals surface area (Å²) in [5.41, 5.74) is 2.46. The molecule has 0 fully saturated rings. The molecule has 0 saturated heterocycles. The first-order valence-electron chi connectivity index (χ1n) is 4.98. The summed E-state index contributed by atoms with van der Waals surface area (Å²) in [5.74, 6) is 0. The zero-order chi connectivity index (χ0) is 9.97. The molecule has 3 nitrogen and oxygen atoms in total. The first kappa shape index (κ1) is 9.49. The number of hydrogen-bond donors (Lipinski definition) is 3. The summed E-state index contributed by atoms with van der Waals surface area (Å²) in [5, 5.41) is 16.1. The average Bonchev–Trinajstić information content (AvgIpc) is 2.61. The molecular weight excluding hydrogens is 176 g/mol. The summed E-state index contributed by atoms with van der Waals surface area (Å²) in [6.07, 6.45) is 0.589. The SMILES string of the molecule is CNCC(O)C1Cc2ccccc2N1. The van der Waals surface area contributed by atoms with Crippen molar-refractivity contribution in [2.45, 2.75) is 18.6 Å². The van der Waals surface area contributed by atoms with Crippen LogP contribution in [0.15, 0.2) is 24.3 Å². The summed E-state index contributed by atoms with van der Waals surface area (Å²) in [7, 11) is 1.85. The number of likely N-dealkylation sites (N-methyl/N-ethyl adjacent to an activating group) is 1. The van der Waals surface area contributed by atoms with Crippen molar-refractivity contribution in [1.82, 2.24) is 5.32 Å². The van der Waals surface area contributed by atoms with Gasteiger partial charge < -0.3 is 15.7 Å². The summed E-state index contributed by atoms with van der Waals surface area (Å²) in [6, 6.07) is 8.36. The monoisotopic (exact) mass is 192 g/mol. The summed E-state index contributed by atoms with van der Waals surface area (Å²) >= 11 is 0. The second kappa shape index (κ2) is 3.98. The molecule has 1 aliphatic heterocycles. The second-order valence-corrected chi connectivity index (χ2v) is 3.74. The highest BCUT2D eigenvalue weighted by Crippen LogP contribution is 2.26. The highest BCUT2D eigenvalue weighted by Gasteiger charge is 2.25. The molecule has 1 heterocycles. The fraction of sp³-hybridized carbons (Fsp3) is 0.455. The smallest absolute Gasteiger partial charge is 0.0868 e. The second-order valence-electron chi connectivity index (χ2n) is 3.74. The predicted octanol–water partition coefficient (Wildman–Crippen LogP) is 0.603. The number of hydrogen-bond acceptors (Lipinski definition) is 3. The maximum absolute atomic E-state index is 9.80. The van der Waals surface area contributed by atoms with E-state index in [4.69, 9.17) is 0 Å². The van der Waals surface area contributed by atoms with E-state index in [0.29, 0.717) is 6.54 Å². The molecule has 1 aromatic rings. The zero-order valence-corrected chi connectivity index (χ0v) is 8.33. The number of nitrogens with one attached hydrogen (secondary N) is 2. The van der Waals surface area contributed by atoms with Crippen LogP contribution in [-0.4, -0.2) is 30.8 Å². The van der Waals surface area contributed by atoms with Gasteiger partial charge in [-0.1, -0.05) is 18.2 Å². The van der Waals surface area contributed by atoms with Gasteiger partial charge in [-0.3, -0.25) is 0 Å². The van der Waals surface area contributed by atoms with E-state index in [1.54, 1.807) is 0 Å². The van der Waals surface area contributed by atoms with Crippen LogP contribution >= 0.6 is 0 Å². The third-order valence-corrected chi connectivity index (χ3v) is 2.68. The molecule has 76 valence electrons. The number of aliphatic hydroxyl groups is 1. The van der Waals surface area contributed by atoms with E-state index < -0.39 is 0 Å². The van der Waals surface area contributed by atoms with Gasteiger partial charge in [-0.2, -0.15) is 0 Å². The van der Waals surface area contributed by atoms with Crippen LogP contribution in [0.25, 0.3) is 0 Å². The van der Waals surface area contributed by atoms with Gasteiger partial charge in [0.1, 0.15) is 0 Å². The van der Waals surface area contributed by atoms with Gasteiger partial charge in [0.25, 0.3) is 0 Å². The fourth-order valence-corrected chi connectivity index (χ4v) is 1.91. The summed E-state index contributed by atoms with van der Waals surface area (Å²) in [4.78, 5) is 0. The van der Waals surface area contributed by atoms with E-state index in [1.165, 1.54) is 5.56 Å². The van der Waals surface area contributed by atoms with Crippen molar-refractivity contribution in [3.05, 3.63) is 29.8 Å². The lowest BCUT2D eigenvalue weighted by atomic mass is 10.1. The predicted molar refractivity (Wildman–Crippen MR) is 57.5 cm³/mol. The zero-order valence-electron chi connectivity index (χ0n) is 8.33. The topological polar surface area (TPSA) is 44.3 Å². The third kappa shape index (κ3) is 1.74. The minimum absolute atomic E-state index is 0.153. The molecule has 1 aromatic carbocycles. The van der Waals surface area contributed by atoms with Gasteiger partial charge in [-0.15, -0.1) is 0 Å². The fourth-order valence-electron chi connectivity index (χ4n) is 1.91. The number of benzene rings is 1. The average molecular weight is 192 g/mol. The molecule has 0 bridgehead atoms. The highest BCUT2D eigenvalue weighted by molar-refractivity contribution is 5.56. The van der Waals surface area contributed by atoms with Gasteiger partial charge in [0.05, 0.1) is 12.1 Å². The van der Waals surface area contributed by atoms with E-state index in [0.717, 1.165) is 12.1 Å². The molecule has 14 heavy (non-hydrogen) atoms. The Balaban J connectivity index is 2.04. The van der Waals surface area contributed by atoms with Crippen molar-refractivity contribution in [1.29, 1.82) is 0 Å². The Morgan fingerprint density at radius 1 is 1.57 bits per heavy atom. The number of anilines is 1. The molecule has 1 aliphatic rings. The Morgan fingerprint density at radius 3 is 3.07 bits per heavy atom. The quantitative estimate of drug-likeness (QED) is 0.657. The highest BCUT2D eigenvalue weighted by atomic mass is 16.3. The Labute approximate surface area is 84.1 Å². The van der Waals surface area contributed by atoms with Crippen LogP contribution in [0, 0.1) is 0 Å². The largest absolute Gasteiger partial charge is 0.390 e. The maximum atomic E-state index is 9.80. The van der Waals surface area contributed by atoms with E-state index in [2.05, 4.69) is 22.8 Å². The van der Waals surface area contributed by atoms with E-state index >= 15 is 0 Å². The minimum atomic E-state index is -0.326. The van der Waals surface area contributed by atoms with Gasteiger partial charge in [-0.25, -0.2) is 0 Å². The van der Waals surface area contributed by atoms with Crippen molar-refractivity contribution < 1.29 is 5.11 Å². The van der Waals surface area contributed by atoms with Crippen LogP contribution in [0.3, 0.4) is 0 Å². The molecule has 3 heteroatoms. The van der Waals surface area contributed by atoms with Crippen LogP contribution in [-0.2, 0) is 6.42 Å². The molecule has 2 atom stereocenters. The van der Waals surface area contributed by atoms with Gasteiger partial charge in [0, 0.05) is 12.2 Å². The number of para-hydroxylation sites is 1. The van der Waals surface area contributed by atoms with Crippen molar-refractivity contribution in [2.75, 3.05) is 18.9 Å². The van der Waals surface area contributed by atoms with E-state index in [9.17, 15) is 5.11 Å². The number of aliphatic hydroxyl groups excluding tert-OH is 1. The van der Waals surface area contributed by atoms with Crippen LogP contribution in [0.2, 0.25) is 0 Å². The van der Waals surface area contributed by atoms with Gasteiger partial charge in [0.2, 0.25) is 0 Å². The first-order chi connectivity index (χ1) is 6.81. The van der Waals surface area contributed by atoms with Crippen molar-refractivity contribution in [3.63, 3.8) is 0 Å². The van der Waals surface area contributed by atoms with Gasteiger partial charge in [0.15, 0.2) is 0 Å². The van der Waals surface area contributed by atoms with Crippen LogP contribution in [0.5, 0.6) is 0 Å². The normalized spacial score (nSPS) is 21.4. The summed E-state index contributed by atoms with van der Waals surface area (Å²) in [6.45, 7) is 0.631. The lowest BCUT2D eigenvalue weighted by Crippen LogP contribution is -2.38. The molecular formula is C11H16N2O.